The second-order valence-corrected chi connectivity index (χ2v) is 6.12. The Morgan fingerprint density at radius 2 is 1.86 bits per heavy atom. The fourth-order valence-corrected chi connectivity index (χ4v) is 3.04. The highest BCUT2D eigenvalue weighted by Gasteiger charge is 2.17. The number of aromatic carboxylic acids is 1. The molecule has 0 spiro atoms. The number of aromatic nitrogens is 2. The van der Waals surface area contributed by atoms with Crippen LogP contribution in [0.1, 0.15) is 46.4 Å². The molecule has 2 amide bonds. The molecule has 9 heteroatoms. The van der Waals surface area contributed by atoms with Gasteiger partial charge in [-0.15, -0.1) is 22.7 Å². The van der Waals surface area contributed by atoms with Crippen molar-refractivity contribution in [3.8, 4) is 0 Å². The van der Waals surface area contributed by atoms with Gasteiger partial charge in [-0.05, 0) is 13.8 Å². The van der Waals surface area contributed by atoms with Crippen molar-refractivity contribution in [3.63, 3.8) is 0 Å². The first-order valence-corrected chi connectivity index (χ1v) is 7.88. The van der Waals surface area contributed by atoms with Crippen molar-refractivity contribution in [2.75, 3.05) is 0 Å². The predicted molar refractivity (Wildman–Crippen MR) is 79.7 cm³/mol. The number of hydrogen-bond donors (Lipinski definition) is 3. The van der Waals surface area contributed by atoms with Crippen molar-refractivity contribution >= 4 is 34.7 Å². The van der Waals surface area contributed by atoms with E-state index in [0.29, 0.717) is 5.01 Å². The van der Waals surface area contributed by atoms with E-state index in [1.165, 1.54) is 28.1 Å². The van der Waals surface area contributed by atoms with E-state index in [1.54, 1.807) is 13.1 Å². The summed E-state index contributed by atoms with van der Waals surface area (Å²) in [6.45, 7) is 3.59. The number of carboxylic acids is 1. The van der Waals surface area contributed by atoms with Gasteiger partial charge in [0.15, 0.2) is 5.69 Å². The minimum atomic E-state index is -1.08. The van der Waals surface area contributed by atoms with E-state index in [1.807, 2.05) is 12.3 Å². The number of thiazole rings is 2. The molecule has 2 heterocycles. The number of nitrogens with zero attached hydrogens (tertiary/aromatic N) is 2. The lowest BCUT2D eigenvalue weighted by molar-refractivity contribution is 0.0691. The normalized spacial score (nSPS) is 13.4. The Balaban J connectivity index is 1.91. The zero-order valence-electron chi connectivity index (χ0n) is 11.4. The van der Waals surface area contributed by atoms with Crippen molar-refractivity contribution in [2.45, 2.75) is 25.9 Å². The maximum Gasteiger partial charge on any atom is 0.355 e. The number of nitrogens with one attached hydrogen (secondary N) is 2. The van der Waals surface area contributed by atoms with E-state index in [2.05, 4.69) is 20.6 Å². The maximum absolute atomic E-state index is 11.9. The summed E-state index contributed by atoms with van der Waals surface area (Å²) in [5.74, 6) is -1.08. The van der Waals surface area contributed by atoms with Crippen LogP contribution in [0.25, 0.3) is 0 Å². The lowest BCUT2D eigenvalue weighted by Gasteiger charge is -2.15. The van der Waals surface area contributed by atoms with Crippen molar-refractivity contribution in [2.24, 2.45) is 0 Å². The lowest BCUT2D eigenvalue weighted by Crippen LogP contribution is -2.38. The van der Waals surface area contributed by atoms with Gasteiger partial charge in [-0.3, -0.25) is 0 Å². The molecule has 0 aliphatic rings. The lowest BCUT2D eigenvalue weighted by atomic mass is 10.3. The zero-order chi connectivity index (χ0) is 15.4. The van der Waals surface area contributed by atoms with E-state index in [0.717, 1.165) is 5.01 Å². The van der Waals surface area contributed by atoms with Gasteiger partial charge in [-0.2, -0.15) is 0 Å². The summed E-state index contributed by atoms with van der Waals surface area (Å²) in [7, 11) is 0. The summed E-state index contributed by atoms with van der Waals surface area (Å²) in [6, 6.07) is -0.910. The third kappa shape index (κ3) is 3.99. The van der Waals surface area contributed by atoms with Crippen LogP contribution in [-0.4, -0.2) is 27.1 Å². The van der Waals surface area contributed by atoms with Crippen LogP contribution in [0.2, 0.25) is 0 Å². The minimum Gasteiger partial charge on any atom is -0.476 e. The molecule has 3 N–H and O–H groups in total. The van der Waals surface area contributed by atoms with Crippen LogP contribution in [0.5, 0.6) is 0 Å². The molecule has 0 saturated heterocycles. The molecule has 2 aromatic rings. The number of hydrogen-bond acceptors (Lipinski definition) is 6. The SMILES string of the molecule is CC(NC(=O)NC(C)c1nc(C(=O)O)cs1)c1nccs1. The molecule has 2 rings (SSSR count). The largest absolute Gasteiger partial charge is 0.476 e. The molecular formula is C12H14N4O3S2. The van der Waals surface area contributed by atoms with Gasteiger partial charge < -0.3 is 15.7 Å². The van der Waals surface area contributed by atoms with Gasteiger partial charge in [0, 0.05) is 17.0 Å². The number of carboxylic acid groups (broad SMARTS) is 1. The van der Waals surface area contributed by atoms with Gasteiger partial charge in [0.05, 0.1) is 12.1 Å². The topological polar surface area (TPSA) is 104 Å². The number of carbonyl (C=O) groups is 2. The van der Waals surface area contributed by atoms with Crippen LogP contribution < -0.4 is 10.6 Å². The third-order valence-corrected chi connectivity index (χ3v) is 4.61. The van der Waals surface area contributed by atoms with Gasteiger partial charge in [0.2, 0.25) is 0 Å². The Kier molecular flexibility index (Phi) is 4.86. The first kappa shape index (κ1) is 15.4. The van der Waals surface area contributed by atoms with Gasteiger partial charge in [0.1, 0.15) is 10.0 Å². The highest BCUT2D eigenvalue weighted by atomic mass is 32.1. The predicted octanol–water partition coefficient (Wildman–Crippen LogP) is 2.42. The van der Waals surface area contributed by atoms with E-state index in [4.69, 9.17) is 5.11 Å². The number of amides is 2. The molecule has 2 aromatic heterocycles. The Hall–Kier alpha value is -2.00. The molecule has 0 fully saturated rings. The van der Waals surface area contributed by atoms with Crippen molar-refractivity contribution in [3.05, 3.63) is 32.7 Å². The maximum atomic E-state index is 11.9. The van der Waals surface area contributed by atoms with Gasteiger partial charge in [0.25, 0.3) is 0 Å². The van der Waals surface area contributed by atoms with Crippen LogP contribution in [0.3, 0.4) is 0 Å². The summed E-state index contributed by atoms with van der Waals surface area (Å²) >= 11 is 2.67. The first-order chi connectivity index (χ1) is 9.97. The Morgan fingerprint density at radius 1 is 1.19 bits per heavy atom. The fraction of sp³-hybridized carbons (Fsp3) is 0.333. The Bertz CT molecular complexity index is 626. The van der Waals surface area contributed by atoms with Crippen molar-refractivity contribution in [1.29, 1.82) is 0 Å². The molecule has 2 unspecified atom stereocenters. The van der Waals surface area contributed by atoms with E-state index in [9.17, 15) is 9.59 Å². The average molecular weight is 326 g/mol. The molecule has 2 atom stereocenters. The van der Waals surface area contributed by atoms with E-state index in [-0.39, 0.29) is 23.8 Å². The van der Waals surface area contributed by atoms with Crippen molar-refractivity contribution in [1.82, 2.24) is 20.6 Å². The summed E-state index contributed by atoms with van der Waals surface area (Å²) < 4.78 is 0. The molecule has 0 aliphatic heterocycles. The van der Waals surface area contributed by atoms with Crippen molar-refractivity contribution < 1.29 is 14.7 Å². The van der Waals surface area contributed by atoms with Gasteiger partial charge >= 0.3 is 12.0 Å². The molecule has 0 saturated carbocycles. The monoisotopic (exact) mass is 326 g/mol. The Labute approximate surface area is 129 Å². The molecule has 112 valence electrons. The van der Waals surface area contributed by atoms with Crippen LogP contribution in [0, 0.1) is 0 Å². The zero-order valence-corrected chi connectivity index (χ0v) is 13.0. The highest BCUT2D eigenvalue weighted by Crippen LogP contribution is 2.18. The summed E-state index contributed by atoms with van der Waals surface area (Å²) in [5, 5.41) is 19.0. The molecule has 0 aromatic carbocycles. The van der Waals surface area contributed by atoms with E-state index < -0.39 is 5.97 Å². The number of rotatable bonds is 5. The molecular weight excluding hydrogens is 312 g/mol. The summed E-state index contributed by atoms with van der Waals surface area (Å²) in [4.78, 5) is 30.8. The smallest absolute Gasteiger partial charge is 0.355 e. The molecule has 0 aliphatic carbocycles. The minimum absolute atomic E-state index is 0.0137. The number of urea groups is 1. The van der Waals surface area contributed by atoms with E-state index >= 15 is 0 Å². The van der Waals surface area contributed by atoms with Crippen LogP contribution in [0.4, 0.5) is 4.79 Å². The van der Waals surface area contributed by atoms with Crippen LogP contribution >= 0.6 is 22.7 Å². The molecule has 7 nitrogen and oxygen atoms in total. The number of carbonyl (C=O) groups excluding carboxylic acids is 1. The standard InChI is InChI=1S/C12H14N4O3S2/c1-6(9-13-3-4-20-9)14-12(19)15-7(2)10-16-8(5-21-10)11(17)18/h3-7H,1-2H3,(H,17,18)(H2,14,15,19). The highest BCUT2D eigenvalue weighted by molar-refractivity contribution is 7.10. The quantitative estimate of drug-likeness (QED) is 0.783. The second kappa shape index (κ2) is 6.64. The average Bonchev–Trinajstić information content (AvgIpc) is 3.10. The molecule has 21 heavy (non-hydrogen) atoms. The van der Waals surface area contributed by atoms with Crippen LogP contribution in [-0.2, 0) is 0 Å². The summed E-state index contributed by atoms with van der Waals surface area (Å²) in [6.07, 6.45) is 1.68. The fourth-order valence-electron chi connectivity index (χ4n) is 1.59. The summed E-state index contributed by atoms with van der Waals surface area (Å²) in [5.41, 5.74) is -0.0137. The van der Waals surface area contributed by atoms with Gasteiger partial charge in [-0.1, -0.05) is 0 Å². The first-order valence-electron chi connectivity index (χ1n) is 6.12. The molecule has 0 radical (unpaired) electrons. The molecule has 0 bridgehead atoms. The van der Waals surface area contributed by atoms with Crippen LogP contribution in [0.15, 0.2) is 17.0 Å². The van der Waals surface area contributed by atoms with Gasteiger partial charge in [-0.25, -0.2) is 19.6 Å². The second-order valence-electron chi connectivity index (χ2n) is 4.31. The third-order valence-electron chi connectivity index (χ3n) is 2.63. The Morgan fingerprint density at radius 3 is 2.38 bits per heavy atom.